The number of carboxylic acid groups (broad SMARTS) is 1. The predicted molar refractivity (Wildman–Crippen MR) is 152 cm³/mol. The average Bonchev–Trinajstić information content (AvgIpc) is 3.57. The number of hydrogen-bond acceptors (Lipinski definition) is 8. The van der Waals surface area contributed by atoms with Gasteiger partial charge in [0.25, 0.3) is 12.3 Å². The minimum absolute atomic E-state index is 0.00593. The molecule has 17 heteroatoms. The fourth-order valence-corrected chi connectivity index (χ4v) is 7.59. The largest absolute Gasteiger partial charge is 0.481 e. The highest BCUT2D eigenvalue weighted by Crippen LogP contribution is 2.43. The molecule has 3 aromatic rings. The number of sulfonamides is 1. The molecular weight excluding hydrogens is 650 g/mol. The molecule has 1 aromatic carbocycles. The van der Waals surface area contributed by atoms with E-state index in [-0.39, 0.29) is 39.6 Å². The van der Waals surface area contributed by atoms with Gasteiger partial charge in [0.15, 0.2) is 10.8 Å². The summed E-state index contributed by atoms with van der Waals surface area (Å²) in [4.78, 5) is 14.8. The molecule has 1 aliphatic carbocycles. The van der Waals surface area contributed by atoms with Crippen LogP contribution in [-0.2, 0) is 27.7 Å². The van der Waals surface area contributed by atoms with Gasteiger partial charge in [-0.15, -0.1) is 21.5 Å². The maximum Gasteiger partial charge on any atom is 0.404 e. The van der Waals surface area contributed by atoms with Gasteiger partial charge in [0.2, 0.25) is 15.9 Å². The predicted octanol–water partition coefficient (Wildman–Crippen LogP) is 7.33. The van der Waals surface area contributed by atoms with Crippen molar-refractivity contribution in [2.45, 2.75) is 95.7 Å². The lowest BCUT2D eigenvalue weighted by Gasteiger charge is -2.22. The third-order valence-corrected chi connectivity index (χ3v) is 10.3. The number of carbonyl (C=O) groups is 1. The number of halogens is 6. The van der Waals surface area contributed by atoms with Gasteiger partial charge in [-0.05, 0) is 38.7 Å². The van der Waals surface area contributed by atoms with Crippen molar-refractivity contribution in [2.24, 2.45) is 11.3 Å². The number of rotatable bonds is 12. The Labute approximate surface area is 259 Å². The zero-order chi connectivity index (χ0) is 33.3. The number of nitrogens with one attached hydrogen (secondary N) is 1. The Morgan fingerprint density at radius 3 is 2.40 bits per heavy atom. The van der Waals surface area contributed by atoms with E-state index < -0.39 is 62.7 Å². The second-order valence-corrected chi connectivity index (χ2v) is 14.3. The summed E-state index contributed by atoms with van der Waals surface area (Å²) in [6, 6.07) is -0.961. The SMILES string of the molecule is CCC(NS(=O)(=O)c1ccc(-c2sc(-c3nnc(CC(C)(C)C(=O)O)o3)nc2CC2CCCCC2)c(C(F)F)c1F)C(F)(F)F. The molecule has 0 saturated heterocycles. The second kappa shape index (κ2) is 13.4. The Hall–Kier alpha value is -3.05. The number of thiazole rings is 1. The van der Waals surface area contributed by atoms with Crippen LogP contribution in [0.3, 0.4) is 0 Å². The molecule has 0 aliphatic heterocycles. The van der Waals surface area contributed by atoms with Crippen LogP contribution in [0.15, 0.2) is 21.4 Å². The van der Waals surface area contributed by atoms with E-state index in [1.165, 1.54) is 18.6 Å². The Morgan fingerprint density at radius 2 is 1.82 bits per heavy atom. The normalized spacial score (nSPS) is 16.0. The van der Waals surface area contributed by atoms with Crippen LogP contribution in [0.25, 0.3) is 21.3 Å². The monoisotopic (exact) mass is 682 g/mol. The molecule has 1 atom stereocenters. The molecule has 45 heavy (non-hydrogen) atoms. The standard InChI is InChI=1S/C28H32F6N4O5S2/c1-4-18(28(32,33)34)38-45(41,42)17-11-10-15(20(21(17)29)23(30)31)22-16(12-14-8-6-5-7-9-14)35-25(44-22)24-37-36-19(43-24)13-27(2,3)26(39)40/h10-11,14,18,23,38H,4-9,12-13H2,1-3H3,(H,39,40). The first-order chi connectivity index (χ1) is 20.9. The summed E-state index contributed by atoms with van der Waals surface area (Å²) < 4.78 is 117. The second-order valence-electron chi connectivity index (χ2n) is 11.6. The molecule has 1 unspecified atom stereocenters. The van der Waals surface area contributed by atoms with Crippen molar-refractivity contribution >= 4 is 27.3 Å². The molecule has 9 nitrogen and oxygen atoms in total. The summed E-state index contributed by atoms with van der Waals surface area (Å²) in [5.74, 6) is -2.96. The molecule has 2 heterocycles. The van der Waals surface area contributed by atoms with Crippen LogP contribution >= 0.6 is 11.3 Å². The van der Waals surface area contributed by atoms with Crippen LogP contribution in [-0.4, -0.2) is 46.9 Å². The van der Waals surface area contributed by atoms with E-state index in [4.69, 9.17) is 4.42 Å². The molecular formula is C28H32F6N4O5S2. The average molecular weight is 683 g/mol. The van der Waals surface area contributed by atoms with Crippen LogP contribution in [0.1, 0.15) is 82.9 Å². The van der Waals surface area contributed by atoms with Crippen molar-refractivity contribution in [1.82, 2.24) is 19.9 Å². The third kappa shape index (κ3) is 7.85. The molecule has 2 aromatic heterocycles. The van der Waals surface area contributed by atoms with Gasteiger partial charge in [-0.25, -0.2) is 26.6 Å². The van der Waals surface area contributed by atoms with E-state index in [2.05, 4.69) is 15.2 Å². The Morgan fingerprint density at radius 1 is 1.16 bits per heavy atom. The van der Waals surface area contributed by atoms with Crippen molar-refractivity contribution in [3.63, 3.8) is 0 Å². The van der Waals surface area contributed by atoms with Crippen LogP contribution in [0, 0.1) is 17.2 Å². The van der Waals surface area contributed by atoms with E-state index in [9.17, 15) is 40.3 Å². The maximum absolute atomic E-state index is 15.7. The molecule has 0 bridgehead atoms. The van der Waals surface area contributed by atoms with Crippen molar-refractivity contribution in [3.8, 4) is 21.3 Å². The van der Waals surface area contributed by atoms with Crippen molar-refractivity contribution in [2.75, 3.05) is 0 Å². The molecule has 4 rings (SSSR count). The van der Waals surface area contributed by atoms with Crippen LogP contribution in [0.5, 0.6) is 0 Å². The number of carboxylic acids is 1. The Balaban J connectivity index is 1.81. The van der Waals surface area contributed by atoms with Crippen molar-refractivity contribution < 1.29 is 49.1 Å². The van der Waals surface area contributed by atoms with Gasteiger partial charge in [-0.3, -0.25) is 4.79 Å². The smallest absolute Gasteiger partial charge is 0.404 e. The topological polar surface area (TPSA) is 135 Å². The first-order valence-corrected chi connectivity index (χ1v) is 16.5. The van der Waals surface area contributed by atoms with Crippen molar-refractivity contribution in [1.29, 1.82) is 0 Å². The molecule has 2 N–H and O–H groups in total. The zero-order valence-electron chi connectivity index (χ0n) is 24.5. The van der Waals surface area contributed by atoms with Crippen molar-refractivity contribution in [3.05, 3.63) is 35.1 Å². The molecule has 1 fully saturated rings. The first kappa shape index (κ1) is 34.8. The quantitative estimate of drug-likeness (QED) is 0.190. The highest BCUT2D eigenvalue weighted by molar-refractivity contribution is 7.89. The van der Waals surface area contributed by atoms with Gasteiger partial charge in [0.1, 0.15) is 10.9 Å². The highest BCUT2D eigenvalue weighted by Gasteiger charge is 2.42. The fourth-order valence-electron chi connectivity index (χ4n) is 5.15. The maximum atomic E-state index is 15.7. The summed E-state index contributed by atoms with van der Waals surface area (Å²) in [5.41, 5.74) is -2.59. The summed E-state index contributed by atoms with van der Waals surface area (Å²) in [6.45, 7) is 4.00. The summed E-state index contributed by atoms with van der Waals surface area (Å²) >= 11 is 0.826. The number of nitrogens with zero attached hydrogens (tertiary/aromatic N) is 3. The van der Waals surface area contributed by atoms with Gasteiger partial charge < -0.3 is 9.52 Å². The zero-order valence-corrected chi connectivity index (χ0v) is 26.2. The van der Waals surface area contributed by atoms with E-state index in [1.54, 1.807) is 0 Å². The van der Waals surface area contributed by atoms with E-state index in [1.807, 2.05) is 0 Å². The minimum Gasteiger partial charge on any atom is -0.481 e. The molecule has 0 radical (unpaired) electrons. The Kier molecular flexibility index (Phi) is 10.3. The highest BCUT2D eigenvalue weighted by atomic mass is 32.2. The van der Waals surface area contributed by atoms with E-state index in [0.29, 0.717) is 18.2 Å². The van der Waals surface area contributed by atoms with Gasteiger partial charge in [-0.2, -0.15) is 17.9 Å². The van der Waals surface area contributed by atoms with Crippen LogP contribution in [0.2, 0.25) is 0 Å². The number of aliphatic carboxylic acids is 1. The van der Waals surface area contributed by atoms with E-state index >= 15 is 4.39 Å². The molecule has 0 spiro atoms. The van der Waals surface area contributed by atoms with Gasteiger partial charge >= 0.3 is 12.1 Å². The lowest BCUT2D eigenvalue weighted by molar-refractivity contribution is -0.151. The molecule has 248 valence electrons. The molecule has 1 saturated carbocycles. The van der Waals surface area contributed by atoms with Crippen LogP contribution in [0.4, 0.5) is 26.3 Å². The third-order valence-electron chi connectivity index (χ3n) is 7.72. The van der Waals surface area contributed by atoms with Gasteiger partial charge in [0, 0.05) is 12.0 Å². The van der Waals surface area contributed by atoms with Crippen LogP contribution < -0.4 is 4.72 Å². The Bertz CT molecular complexity index is 1630. The summed E-state index contributed by atoms with van der Waals surface area (Å²) in [6.07, 6.45) is -4.38. The fraction of sp³-hybridized carbons (Fsp3) is 0.571. The number of hydrogen-bond donors (Lipinski definition) is 2. The molecule has 0 amide bonds. The summed E-state index contributed by atoms with van der Waals surface area (Å²) in [5, 5.41) is 17.3. The lowest BCUT2D eigenvalue weighted by Crippen LogP contribution is -2.45. The number of alkyl halides is 5. The number of aromatic nitrogens is 3. The van der Waals surface area contributed by atoms with Gasteiger partial charge in [-0.1, -0.05) is 45.1 Å². The van der Waals surface area contributed by atoms with E-state index in [0.717, 1.165) is 56.4 Å². The number of benzene rings is 1. The molecule has 1 aliphatic rings. The first-order valence-electron chi connectivity index (χ1n) is 14.2. The minimum atomic E-state index is -5.20. The lowest BCUT2D eigenvalue weighted by atomic mass is 9.85. The summed E-state index contributed by atoms with van der Waals surface area (Å²) in [7, 11) is -5.20. The van der Waals surface area contributed by atoms with Gasteiger partial charge in [0.05, 0.1) is 21.5 Å².